The topological polar surface area (TPSA) is 139 Å². The molecular formula is C15H12N6O5S. The first-order chi connectivity index (χ1) is 13.0. The van der Waals surface area contributed by atoms with Gasteiger partial charge in [-0.25, -0.2) is 0 Å². The minimum Gasteiger partial charge on any atom is -0.485 e. The molecule has 0 aliphatic heterocycles. The second-order valence-electron chi connectivity index (χ2n) is 5.18. The molecule has 1 heterocycles. The average Bonchev–Trinajstić information content (AvgIpc) is 3.14. The minimum absolute atomic E-state index is 0.193. The third-order valence-corrected chi connectivity index (χ3v) is 4.51. The summed E-state index contributed by atoms with van der Waals surface area (Å²) < 4.78 is 6.37. The maximum absolute atomic E-state index is 11.2. The average molecular weight is 388 g/mol. The molecule has 0 aliphatic rings. The Hall–Kier alpha value is -3.54. The zero-order valence-corrected chi connectivity index (χ0v) is 14.7. The Balaban J connectivity index is 1.90. The van der Waals surface area contributed by atoms with E-state index in [0.717, 1.165) is 12.8 Å². The third-order valence-electron chi connectivity index (χ3n) is 3.52. The molecule has 0 saturated carbocycles. The predicted octanol–water partition coefficient (Wildman–Crippen LogP) is 2.78. The lowest BCUT2D eigenvalue weighted by molar-refractivity contribution is -0.395. The number of nitro groups is 2. The van der Waals surface area contributed by atoms with Crippen LogP contribution in [0.1, 0.15) is 5.56 Å². The van der Waals surface area contributed by atoms with E-state index in [9.17, 15) is 20.2 Å². The van der Waals surface area contributed by atoms with E-state index in [-0.39, 0.29) is 11.5 Å². The van der Waals surface area contributed by atoms with E-state index in [2.05, 4.69) is 15.5 Å². The van der Waals surface area contributed by atoms with Crippen LogP contribution in [0, 0.1) is 20.2 Å². The van der Waals surface area contributed by atoms with Crippen LogP contribution in [-0.4, -0.2) is 37.2 Å². The summed E-state index contributed by atoms with van der Waals surface area (Å²) in [6, 6.07) is 11.7. The van der Waals surface area contributed by atoms with Gasteiger partial charge in [-0.05, 0) is 28.1 Å². The number of ether oxygens (including phenoxy) is 1. The number of nitro benzene ring substituents is 2. The van der Waals surface area contributed by atoms with Crippen LogP contribution in [0.3, 0.4) is 0 Å². The van der Waals surface area contributed by atoms with Gasteiger partial charge in [0.25, 0.3) is 5.75 Å². The minimum atomic E-state index is -0.714. The van der Waals surface area contributed by atoms with E-state index < -0.39 is 21.2 Å². The molecule has 0 atom stereocenters. The summed E-state index contributed by atoms with van der Waals surface area (Å²) in [6.07, 6.45) is 0. The second kappa shape index (κ2) is 7.78. The highest BCUT2D eigenvalue weighted by atomic mass is 32.2. The molecule has 3 rings (SSSR count). The summed E-state index contributed by atoms with van der Waals surface area (Å²) in [5.74, 6) is -0.188. The molecule has 1 aromatic heterocycles. The van der Waals surface area contributed by atoms with Crippen LogP contribution in [-0.2, 0) is 5.75 Å². The van der Waals surface area contributed by atoms with Crippen LogP contribution in [0.25, 0.3) is 5.69 Å². The number of para-hydroxylation sites is 1. The van der Waals surface area contributed by atoms with Gasteiger partial charge in [0.2, 0.25) is 5.16 Å². The molecule has 0 spiro atoms. The number of methoxy groups -OCH3 is 1. The number of rotatable bonds is 7. The van der Waals surface area contributed by atoms with Crippen molar-refractivity contribution < 1.29 is 14.6 Å². The maximum atomic E-state index is 11.2. The fraction of sp³-hybridized carbons (Fsp3) is 0.133. The normalized spacial score (nSPS) is 10.6. The molecule has 0 bridgehead atoms. The Labute approximate surface area is 156 Å². The quantitative estimate of drug-likeness (QED) is 0.339. The van der Waals surface area contributed by atoms with Crippen molar-refractivity contribution in [3.8, 4) is 11.4 Å². The molecule has 0 saturated heterocycles. The molecule has 0 N–H and O–H groups in total. The Morgan fingerprint density at radius 3 is 2.30 bits per heavy atom. The maximum Gasteiger partial charge on any atom is 0.318 e. The number of nitrogens with zero attached hydrogens (tertiary/aromatic N) is 6. The summed E-state index contributed by atoms with van der Waals surface area (Å²) in [7, 11) is 1.15. The van der Waals surface area contributed by atoms with Gasteiger partial charge < -0.3 is 4.74 Å². The molecule has 0 radical (unpaired) electrons. The van der Waals surface area contributed by atoms with Crippen LogP contribution in [0.2, 0.25) is 0 Å². The van der Waals surface area contributed by atoms with Crippen molar-refractivity contribution in [2.45, 2.75) is 10.9 Å². The van der Waals surface area contributed by atoms with Gasteiger partial charge in [-0.15, -0.1) is 5.10 Å². The Morgan fingerprint density at radius 2 is 1.74 bits per heavy atom. The van der Waals surface area contributed by atoms with Gasteiger partial charge in [-0.2, -0.15) is 4.68 Å². The Morgan fingerprint density at radius 1 is 1.11 bits per heavy atom. The molecule has 138 valence electrons. The number of hydrogen-bond donors (Lipinski definition) is 0. The monoisotopic (exact) mass is 388 g/mol. The number of aromatic nitrogens is 4. The van der Waals surface area contributed by atoms with Crippen molar-refractivity contribution in [3.63, 3.8) is 0 Å². The second-order valence-corrected chi connectivity index (χ2v) is 6.12. The van der Waals surface area contributed by atoms with E-state index in [1.807, 2.05) is 30.3 Å². The highest BCUT2D eigenvalue weighted by Crippen LogP contribution is 2.39. The standard InChI is InChI=1S/C15H12N6O5S/c1-26-14-12(20(22)23)7-10(8-13(14)21(24)25)9-27-15-16-17-18-19(15)11-5-3-2-4-6-11/h2-8H,9H2,1H3. The molecule has 0 unspecified atom stereocenters. The molecule has 0 amide bonds. The first kappa shape index (κ1) is 18.3. The number of hydrogen-bond acceptors (Lipinski definition) is 9. The van der Waals surface area contributed by atoms with Crippen molar-refractivity contribution in [3.05, 3.63) is 68.3 Å². The van der Waals surface area contributed by atoms with E-state index in [1.165, 1.54) is 28.6 Å². The lowest BCUT2D eigenvalue weighted by Crippen LogP contribution is -2.01. The fourth-order valence-electron chi connectivity index (χ4n) is 2.37. The van der Waals surface area contributed by atoms with Crippen LogP contribution < -0.4 is 4.74 Å². The van der Waals surface area contributed by atoms with Crippen molar-refractivity contribution >= 4 is 23.1 Å². The van der Waals surface area contributed by atoms with Gasteiger partial charge in [0.1, 0.15) is 0 Å². The summed E-state index contributed by atoms with van der Waals surface area (Å²) in [6.45, 7) is 0. The van der Waals surface area contributed by atoms with Crippen molar-refractivity contribution in [1.82, 2.24) is 20.2 Å². The van der Waals surface area contributed by atoms with Crippen LogP contribution in [0.15, 0.2) is 47.6 Å². The van der Waals surface area contributed by atoms with Gasteiger partial charge >= 0.3 is 11.4 Å². The first-order valence-corrected chi connectivity index (χ1v) is 8.46. The number of tetrazole rings is 1. The van der Waals surface area contributed by atoms with Crippen LogP contribution >= 0.6 is 11.8 Å². The van der Waals surface area contributed by atoms with Crippen LogP contribution in [0.5, 0.6) is 5.75 Å². The van der Waals surface area contributed by atoms with Crippen molar-refractivity contribution in [2.24, 2.45) is 0 Å². The molecule has 3 aromatic rings. The van der Waals surface area contributed by atoms with Gasteiger partial charge in [0.15, 0.2) is 0 Å². The number of benzene rings is 2. The fourth-order valence-corrected chi connectivity index (χ4v) is 3.19. The zero-order valence-electron chi connectivity index (χ0n) is 13.9. The number of thioether (sulfide) groups is 1. The van der Waals surface area contributed by atoms with Gasteiger partial charge in [-0.3, -0.25) is 20.2 Å². The molecular weight excluding hydrogens is 376 g/mol. The molecule has 0 aliphatic carbocycles. The molecule has 27 heavy (non-hydrogen) atoms. The molecule has 11 nitrogen and oxygen atoms in total. The third kappa shape index (κ3) is 3.84. The van der Waals surface area contributed by atoms with Gasteiger partial charge in [0, 0.05) is 17.9 Å². The van der Waals surface area contributed by atoms with Crippen molar-refractivity contribution in [2.75, 3.05) is 7.11 Å². The molecule has 12 heteroatoms. The molecule has 0 fully saturated rings. The summed E-state index contributed by atoms with van der Waals surface area (Å²) in [5.41, 5.74) is 0.188. The lowest BCUT2D eigenvalue weighted by Gasteiger charge is -2.07. The Kier molecular flexibility index (Phi) is 5.26. The summed E-state index contributed by atoms with van der Waals surface area (Å²) >= 11 is 1.20. The van der Waals surface area contributed by atoms with E-state index in [0.29, 0.717) is 10.7 Å². The smallest absolute Gasteiger partial charge is 0.318 e. The van der Waals surface area contributed by atoms with Gasteiger partial charge in [-0.1, -0.05) is 30.0 Å². The van der Waals surface area contributed by atoms with Gasteiger partial charge in [0.05, 0.1) is 22.6 Å². The first-order valence-electron chi connectivity index (χ1n) is 7.47. The zero-order chi connectivity index (χ0) is 19.4. The van der Waals surface area contributed by atoms with E-state index in [4.69, 9.17) is 4.74 Å². The highest BCUT2D eigenvalue weighted by molar-refractivity contribution is 7.98. The highest BCUT2D eigenvalue weighted by Gasteiger charge is 2.28. The SMILES string of the molecule is COc1c([N+](=O)[O-])cc(CSc2nnnn2-c2ccccc2)cc1[N+](=O)[O-]. The predicted molar refractivity (Wildman–Crippen MR) is 95.0 cm³/mol. The molecule has 2 aromatic carbocycles. The van der Waals surface area contributed by atoms with Crippen LogP contribution in [0.4, 0.5) is 11.4 Å². The largest absolute Gasteiger partial charge is 0.485 e. The van der Waals surface area contributed by atoms with E-state index >= 15 is 0 Å². The Bertz CT molecular complexity index is 958. The van der Waals surface area contributed by atoms with E-state index in [1.54, 1.807) is 0 Å². The summed E-state index contributed by atoms with van der Waals surface area (Å²) in [5, 5.41) is 34.4. The summed E-state index contributed by atoms with van der Waals surface area (Å²) in [4.78, 5) is 21.1. The lowest BCUT2D eigenvalue weighted by atomic mass is 10.1. The van der Waals surface area contributed by atoms with Crippen molar-refractivity contribution in [1.29, 1.82) is 0 Å².